The fourth-order valence-corrected chi connectivity index (χ4v) is 1.36. The van der Waals surface area contributed by atoms with Gasteiger partial charge in [0.2, 0.25) is 0 Å². The summed E-state index contributed by atoms with van der Waals surface area (Å²) in [5, 5.41) is 0. The maximum Gasteiger partial charge on any atom is 0.0296 e. The second-order valence-electron chi connectivity index (χ2n) is 3.49. The Labute approximate surface area is 88.6 Å². The van der Waals surface area contributed by atoms with E-state index < -0.39 is 0 Å². The van der Waals surface area contributed by atoms with Gasteiger partial charge < -0.3 is 0 Å². The number of unbranched alkanes of at least 4 members (excludes halogenated alkanes) is 4. The number of nitrogens with zero attached hydrogens (tertiary/aromatic N) is 1. The van der Waals surface area contributed by atoms with Gasteiger partial charge in [-0.2, -0.15) is 0 Å². The molecule has 0 radical (unpaired) electrons. The van der Waals surface area contributed by atoms with E-state index >= 15 is 0 Å². The predicted octanol–water partition coefficient (Wildman–Crippen LogP) is 4.51. The van der Waals surface area contributed by atoms with Crippen LogP contribution in [0.1, 0.15) is 52.4 Å². The molecule has 0 N–H and O–H groups in total. The third-order valence-electron chi connectivity index (χ3n) is 2.29. The van der Waals surface area contributed by atoms with E-state index in [1.165, 1.54) is 37.7 Å². The smallest absolute Gasteiger partial charge is 0.0296 e. The molecule has 0 fully saturated rings. The summed E-state index contributed by atoms with van der Waals surface area (Å²) in [6, 6.07) is 0. The van der Waals surface area contributed by atoms with Gasteiger partial charge in [0.15, 0.2) is 0 Å². The Hall–Kier alpha value is -0.850. The topological polar surface area (TPSA) is 12.4 Å². The third-order valence-corrected chi connectivity index (χ3v) is 2.29. The van der Waals surface area contributed by atoms with Crippen molar-refractivity contribution in [2.75, 3.05) is 0 Å². The molecule has 0 heterocycles. The van der Waals surface area contributed by atoms with Crippen molar-refractivity contribution in [3.05, 3.63) is 24.4 Å². The Balaban J connectivity index is 3.54. The van der Waals surface area contributed by atoms with E-state index in [1.54, 1.807) is 6.20 Å². The van der Waals surface area contributed by atoms with Crippen LogP contribution in [0.2, 0.25) is 0 Å². The molecule has 0 amide bonds. The van der Waals surface area contributed by atoms with E-state index in [2.05, 4.69) is 31.5 Å². The molecule has 1 nitrogen and oxygen atoms in total. The number of hydrogen-bond acceptors (Lipinski definition) is 1. The van der Waals surface area contributed by atoms with Crippen molar-refractivity contribution in [1.29, 1.82) is 0 Å². The highest BCUT2D eigenvalue weighted by Gasteiger charge is 1.92. The number of aliphatic imine (C=N–C) groups is 1. The fourth-order valence-electron chi connectivity index (χ4n) is 1.36. The standard InChI is InChI=1S/C13H23N/c1-4-7-8-9-10-11-13(5-2)12-14-6-3/h5-6,12H,3-4,7-11H2,1-2H3/b13-5-,14-12-. The number of rotatable bonds is 8. The highest BCUT2D eigenvalue weighted by Crippen LogP contribution is 2.09. The second kappa shape index (κ2) is 10.2. The van der Waals surface area contributed by atoms with Crippen molar-refractivity contribution < 1.29 is 0 Å². The zero-order chi connectivity index (χ0) is 10.6. The Morgan fingerprint density at radius 3 is 2.50 bits per heavy atom. The molecule has 0 bridgehead atoms. The first-order valence-electron chi connectivity index (χ1n) is 5.64. The van der Waals surface area contributed by atoms with Crippen LogP contribution in [0.15, 0.2) is 29.4 Å². The molecule has 0 atom stereocenters. The van der Waals surface area contributed by atoms with Crippen LogP contribution >= 0.6 is 0 Å². The SMILES string of the molecule is C=C/N=C\C(=C/C)CCCCCCC. The molecule has 80 valence electrons. The predicted molar refractivity (Wildman–Crippen MR) is 65.8 cm³/mol. The summed E-state index contributed by atoms with van der Waals surface area (Å²) in [4.78, 5) is 4.03. The van der Waals surface area contributed by atoms with Crippen molar-refractivity contribution in [3.8, 4) is 0 Å². The van der Waals surface area contributed by atoms with Gasteiger partial charge in [-0.15, -0.1) is 0 Å². The van der Waals surface area contributed by atoms with Crippen LogP contribution in [0, 0.1) is 0 Å². The summed E-state index contributed by atoms with van der Waals surface area (Å²) in [6.45, 7) is 7.87. The number of allylic oxidation sites excluding steroid dienone is 2. The van der Waals surface area contributed by atoms with E-state index in [0.717, 1.165) is 6.42 Å². The minimum atomic E-state index is 1.15. The Kier molecular flexibility index (Phi) is 9.61. The molecule has 0 aliphatic carbocycles. The lowest BCUT2D eigenvalue weighted by atomic mass is 10.1. The van der Waals surface area contributed by atoms with E-state index in [1.807, 2.05) is 6.21 Å². The first kappa shape index (κ1) is 13.2. The molecular weight excluding hydrogens is 170 g/mol. The van der Waals surface area contributed by atoms with Crippen LogP contribution in [0.25, 0.3) is 0 Å². The third kappa shape index (κ3) is 7.78. The lowest BCUT2D eigenvalue weighted by molar-refractivity contribution is 0.634. The van der Waals surface area contributed by atoms with Gasteiger partial charge in [-0.25, -0.2) is 0 Å². The molecule has 0 unspecified atom stereocenters. The summed E-state index contributed by atoms with van der Waals surface area (Å²) in [6.07, 6.45) is 13.4. The van der Waals surface area contributed by atoms with E-state index in [-0.39, 0.29) is 0 Å². The zero-order valence-corrected chi connectivity index (χ0v) is 9.63. The average Bonchev–Trinajstić information content (AvgIpc) is 2.22. The Bertz CT molecular complexity index is 189. The van der Waals surface area contributed by atoms with Gasteiger partial charge in [0.1, 0.15) is 0 Å². The average molecular weight is 193 g/mol. The van der Waals surface area contributed by atoms with Crippen LogP contribution in [0.4, 0.5) is 0 Å². The molecule has 1 heteroatoms. The van der Waals surface area contributed by atoms with Crippen molar-refractivity contribution in [3.63, 3.8) is 0 Å². The highest BCUT2D eigenvalue weighted by molar-refractivity contribution is 5.78. The molecule has 0 rings (SSSR count). The minimum absolute atomic E-state index is 1.15. The van der Waals surface area contributed by atoms with E-state index in [9.17, 15) is 0 Å². The van der Waals surface area contributed by atoms with Gasteiger partial charge >= 0.3 is 0 Å². The molecule has 0 saturated carbocycles. The normalized spacial score (nSPS) is 12.3. The Morgan fingerprint density at radius 1 is 1.21 bits per heavy atom. The minimum Gasteiger partial charge on any atom is -0.265 e. The fraction of sp³-hybridized carbons (Fsp3) is 0.615. The van der Waals surface area contributed by atoms with Crippen molar-refractivity contribution >= 4 is 6.21 Å². The summed E-state index contributed by atoms with van der Waals surface area (Å²) < 4.78 is 0. The van der Waals surface area contributed by atoms with Crippen LogP contribution in [0.5, 0.6) is 0 Å². The van der Waals surface area contributed by atoms with Gasteiger partial charge in [-0.05, 0) is 25.3 Å². The summed E-state index contributed by atoms with van der Waals surface area (Å²) in [7, 11) is 0. The first-order chi connectivity index (χ1) is 6.85. The highest BCUT2D eigenvalue weighted by atomic mass is 14.7. The first-order valence-corrected chi connectivity index (χ1v) is 5.64. The van der Waals surface area contributed by atoms with Crippen molar-refractivity contribution in [1.82, 2.24) is 0 Å². The molecule has 0 spiro atoms. The molecule has 0 saturated heterocycles. The molecular formula is C13H23N. The lowest BCUT2D eigenvalue weighted by Crippen LogP contribution is -1.86. The molecule has 0 aliphatic rings. The summed E-state index contributed by atoms with van der Waals surface area (Å²) >= 11 is 0. The van der Waals surface area contributed by atoms with Crippen LogP contribution in [-0.4, -0.2) is 6.21 Å². The monoisotopic (exact) mass is 193 g/mol. The maximum atomic E-state index is 4.03. The molecule has 0 aromatic rings. The molecule has 0 aliphatic heterocycles. The quantitative estimate of drug-likeness (QED) is 0.397. The van der Waals surface area contributed by atoms with Gasteiger partial charge in [0.05, 0.1) is 0 Å². The lowest BCUT2D eigenvalue weighted by Gasteiger charge is -2.00. The van der Waals surface area contributed by atoms with E-state index in [0.29, 0.717) is 0 Å². The zero-order valence-electron chi connectivity index (χ0n) is 9.63. The van der Waals surface area contributed by atoms with Gasteiger partial charge in [0.25, 0.3) is 0 Å². The largest absolute Gasteiger partial charge is 0.265 e. The Morgan fingerprint density at radius 2 is 1.93 bits per heavy atom. The molecule has 0 aromatic heterocycles. The summed E-state index contributed by atoms with van der Waals surface area (Å²) in [5.41, 5.74) is 1.32. The van der Waals surface area contributed by atoms with Crippen molar-refractivity contribution in [2.24, 2.45) is 4.99 Å². The van der Waals surface area contributed by atoms with Gasteiger partial charge in [-0.3, -0.25) is 4.99 Å². The maximum absolute atomic E-state index is 4.03. The van der Waals surface area contributed by atoms with Gasteiger partial charge in [0, 0.05) is 12.4 Å². The van der Waals surface area contributed by atoms with Crippen LogP contribution < -0.4 is 0 Å². The molecule has 0 aromatic carbocycles. The van der Waals surface area contributed by atoms with Crippen LogP contribution in [0.3, 0.4) is 0 Å². The molecule has 14 heavy (non-hydrogen) atoms. The second-order valence-corrected chi connectivity index (χ2v) is 3.49. The van der Waals surface area contributed by atoms with Crippen LogP contribution in [-0.2, 0) is 0 Å². The van der Waals surface area contributed by atoms with Gasteiger partial charge in [-0.1, -0.05) is 45.3 Å². The van der Waals surface area contributed by atoms with E-state index in [4.69, 9.17) is 0 Å². The van der Waals surface area contributed by atoms with Crippen molar-refractivity contribution in [2.45, 2.75) is 52.4 Å². The number of hydrogen-bond donors (Lipinski definition) is 0. The summed E-state index contributed by atoms with van der Waals surface area (Å²) in [5.74, 6) is 0.